The first kappa shape index (κ1) is 45.9. The monoisotopic (exact) mass is 895 g/mol. The number of piperazine rings is 2. The standard InChI is InChI=1S/C47H66N12O6/c1-4-65-46(64)43-32(2)49-47(51-36-29-48-54(3)31-36)53-44(43)50-35-7-11-38(12-8-35)57-25-27-59(28-26-57)42(62)16-15-41(61)58-19-17-33(18-20-58)30-55-21-23-56(24-22-55)37-9-5-34(6-10-37)39-13-14-40(60)52-45(39)63/h5-6,9-10,29,31,33,35,38-39H,4,7-8,11-28,30H2,1-3H3,(H,52,60,63)(H2,49,50,51,53). The van der Waals surface area contributed by atoms with Crippen molar-refractivity contribution >= 4 is 52.7 Å². The van der Waals surface area contributed by atoms with Crippen molar-refractivity contribution in [2.45, 2.75) is 96.1 Å². The van der Waals surface area contributed by atoms with Crippen LogP contribution in [-0.2, 0) is 31.0 Å². The number of ether oxygens (including phenoxy) is 1. The van der Waals surface area contributed by atoms with E-state index in [1.807, 2.05) is 35.2 Å². The molecule has 350 valence electrons. The molecule has 18 heteroatoms. The molecule has 8 rings (SSSR count). The van der Waals surface area contributed by atoms with Crippen LogP contribution in [0.25, 0.3) is 0 Å². The van der Waals surface area contributed by atoms with Crippen molar-refractivity contribution in [1.82, 2.24) is 44.7 Å². The maximum atomic E-state index is 13.3. The summed E-state index contributed by atoms with van der Waals surface area (Å²) in [6.45, 7) is 13.3. The van der Waals surface area contributed by atoms with Gasteiger partial charge in [0.2, 0.25) is 29.6 Å². The van der Waals surface area contributed by atoms with Crippen LogP contribution in [-0.4, -0.2) is 160 Å². The fourth-order valence-electron chi connectivity index (χ4n) is 10.3. The molecule has 4 amide bonds. The molecule has 18 nitrogen and oxygen atoms in total. The van der Waals surface area contributed by atoms with Crippen molar-refractivity contribution in [2.24, 2.45) is 13.0 Å². The number of aryl methyl sites for hydroxylation is 2. The molecule has 1 unspecified atom stereocenters. The van der Waals surface area contributed by atoms with Gasteiger partial charge >= 0.3 is 5.97 Å². The molecule has 65 heavy (non-hydrogen) atoms. The van der Waals surface area contributed by atoms with Crippen molar-refractivity contribution < 1.29 is 28.7 Å². The van der Waals surface area contributed by atoms with Crippen LogP contribution in [0.1, 0.15) is 98.7 Å². The van der Waals surface area contributed by atoms with Crippen LogP contribution in [0.3, 0.4) is 0 Å². The molecule has 0 spiro atoms. The lowest BCUT2D eigenvalue weighted by atomic mass is 9.89. The summed E-state index contributed by atoms with van der Waals surface area (Å²) in [5, 5.41) is 13.4. The van der Waals surface area contributed by atoms with E-state index in [-0.39, 0.29) is 55.0 Å². The summed E-state index contributed by atoms with van der Waals surface area (Å²) in [5.41, 5.74) is 3.75. The molecule has 5 fully saturated rings. The van der Waals surface area contributed by atoms with Gasteiger partial charge < -0.3 is 30.1 Å². The summed E-state index contributed by atoms with van der Waals surface area (Å²) in [7, 11) is 1.84. The third-order valence-electron chi connectivity index (χ3n) is 14.1. The highest BCUT2D eigenvalue weighted by atomic mass is 16.5. The minimum Gasteiger partial charge on any atom is -0.462 e. The lowest BCUT2D eigenvalue weighted by molar-refractivity contribution is -0.139. The molecule has 5 aliphatic rings. The first-order chi connectivity index (χ1) is 31.5. The number of likely N-dealkylation sites (tertiary alicyclic amines) is 1. The van der Waals surface area contributed by atoms with Crippen molar-refractivity contribution in [3.63, 3.8) is 0 Å². The Morgan fingerprint density at radius 2 is 1.49 bits per heavy atom. The highest BCUT2D eigenvalue weighted by Gasteiger charge is 2.33. The van der Waals surface area contributed by atoms with Crippen molar-refractivity contribution in [2.75, 3.05) is 94.1 Å². The topological polar surface area (TPSA) is 190 Å². The quantitative estimate of drug-likeness (QED) is 0.157. The van der Waals surface area contributed by atoms with Gasteiger partial charge in [0, 0.05) is 122 Å². The van der Waals surface area contributed by atoms with Crippen molar-refractivity contribution in [3.8, 4) is 0 Å². The van der Waals surface area contributed by atoms with Crippen LogP contribution in [0.15, 0.2) is 36.7 Å². The molecule has 4 saturated heterocycles. The van der Waals surface area contributed by atoms with Crippen LogP contribution in [0.5, 0.6) is 0 Å². The van der Waals surface area contributed by atoms with Gasteiger partial charge in [0.1, 0.15) is 11.4 Å². The Labute approximate surface area is 381 Å². The Bertz CT molecular complexity index is 2150. The Morgan fingerprint density at radius 1 is 0.815 bits per heavy atom. The zero-order chi connectivity index (χ0) is 45.5. The van der Waals surface area contributed by atoms with Gasteiger partial charge in [0.25, 0.3) is 0 Å². The highest BCUT2D eigenvalue weighted by molar-refractivity contribution is 6.01. The first-order valence-electron chi connectivity index (χ1n) is 23.8. The number of esters is 1. The van der Waals surface area contributed by atoms with Gasteiger partial charge in [-0.25, -0.2) is 9.78 Å². The second-order valence-electron chi connectivity index (χ2n) is 18.4. The lowest BCUT2D eigenvalue weighted by Crippen LogP contribution is -2.53. The molecule has 1 saturated carbocycles. The Hall–Kier alpha value is -5.62. The average Bonchev–Trinajstić information content (AvgIpc) is 3.72. The molecule has 0 radical (unpaired) electrons. The second-order valence-corrected chi connectivity index (χ2v) is 18.4. The minimum absolute atomic E-state index is 0.0696. The number of rotatable bonds is 14. The molecule has 0 bridgehead atoms. The SMILES string of the molecule is CCOC(=O)c1c(C)nc(Nc2cnn(C)c2)nc1NC1CCC(N2CCN(C(=O)CCC(=O)N3CCC(CN4CCN(c5ccc(C6CCC(=O)NC6=O)cc5)CC4)CC3)CC2)CC1. The molecule has 3 N–H and O–H groups in total. The van der Waals surface area contributed by atoms with Gasteiger partial charge in [0.15, 0.2) is 0 Å². The summed E-state index contributed by atoms with van der Waals surface area (Å²) in [4.78, 5) is 83.9. The number of amides is 4. The molecule has 1 aromatic carbocycles. The van der Waals surface area contributed by atoms with E-state index in [9.17, 15) is 24.0 Å². The fourth-order valence-corrected chi connectivity index (χ4v) is 10.3. The van der Waals surface area contributed by atoms with Gasteiger partial charge in [-0.05, 0) is 82.4 Å². The molecule has 2 aromatic heterocycles. The number of piperidine rings is 2. The maximum absolute atomic E-state index is 13.3. The third kappa shape index (κ3) is 11.6. The predicted octanol–water partition coefficient (Wildman–Crippen LogP) is 3.67. The summed E-state index contributed by atoms with van der Waals surface area (Å²) in [5.74, 6) is 0.468. The molecule has 4 aliphatic heterocycles. The molecule has 3 aromatic rings. The van der Waals surface area contributed by atoms with E-state index < -0.39 is 5.97 Å². The van der Waals surface area contributed by atoms with Crippen LogP contribution in [0, 0.1) is 12.8 Å². The molecular weight excluding hydrogens is 829 g/mol. The van der Waals surface area contributed by atoms with E-state index in [1.165, 1.54) is 0 Å². The second kappa shape index (κ2) is 21.1. The normalized spacial score (nSPS) is 22.7. The highest BCUT2D eigenvalue weighted by Crippen LogP contribution is 2.31. The van der Waals surface area contributed by atoms with Gasteiger partial charge in [-0.2, -0.15) is 10.1 Å². The fraction of sp³-hybridized carbons (Fsp3) is 0.617. The smallest absolute Gasteiger partial charge is 0.343 e. The van der Waals surface area contributed by atoms with Gasteiger partial charge in [0.05, 0.1) is 30.1 Å². The largest absolute Gasteiger partial charge is 0.462 e. The van der Waals surface area contributed by atoms with Gasteiger partial charge in [-0.1, -0.05) is 12.1 Å². The number of carbonyl (C=O) groups excluding carboxylic acids is 5. The summed E-state index contributed by atoms with van der Waals surface area (Å²) in [6.07, 6.45) is 10.8. The van der Waals surface area contributed by atoms with E-state index in [4.69, 9.17) is 9.72 Å². The number of nitrogens with zero attached hydrogens (tertiary/aromatic N) is 9. The number of hydrogen-bond acceptors (Lipinski definition) is 14. The number of nitrogens with one attached hydrogen (secondary N) is 3. The number of aromatic nitrogens is 4. The van der Waals surface area contributed by atoms with Crippen LogP contribution >= 0.6 is 0 Å². The number of benzene rings is 1. The van der Waals surface area contributed by atoms with Gasteiger partial charge in [-0.15, -0.1) is 0 Å². The van der Waals surface area contributed by atoms with E-state index in [1.54, 1.807) is 24.7 Å². The van der Waals surface area contributed by atoms with Crippen molar-refractivity contribution in [1.29, 1.82) is 0 Å². The van der Waals surface area contributed by atoms with E-state index in [2.05, 4.69) is 52.9 Å². The van der Waals surface area contributed by atoms with Gasteiger partial charge in [-0.3, -0.25) is 39.0 Å². The average molecular weight is 895 g/mol. The number of imide groups is 1. The maximum Gasteiger partial charge on any atom is 0.343 e. The number of anilines is 4. The van der Waals surface area contributed by atoms with E-state index in [0.717, 1.165) is 114 Å². The van der Waals surface area contributed by atoms with E-state index in [0.29, 0.717) is 60.9 Å². The molecular formula is C47H66N12O6. The van der Waals surface area contributed by atoms with Crippen LogP contribution < -0.4 is 20.9 Å². The van der Waals surface area contributed by atoms with Crippen LogP contribution in [0.2, 0.25) is 0 Å². The number of carbonyl (C=O) groups is 5. The summed E-state index contributed by atoms with van der Waals surface area (Å²) in [6, 6.07) is 8.80. The van der Waals surface area contributed by atoms with Crippen molar-refractivity contribution in [3.05, 3.63) is 53.5 Å². The Morgan fingerprint density at radius 3 is 2.12 bits per heavy atom. The first-order valence-corrected chi connectivity index (χ1v) is 23.8. The Kier molecular flexibility index (Phi) is 14.9. The third-order valence-corrected chi connectivity index (χ3v) is 14.1. The molecule has 1 aliphatic carbocycles. The number of hydrogen-bond donors (Lipinski definition) is 3. The predicted molar refractivity (Wildman–Crippen MR) is 246 cm³/mol. The summed E-state index contributed by atoms with van der Waals surface area (Å²) >= 11 is 0. The van der Waals surface area contributed by atoms with E-state index >= 15 is 0 Å². The molecule has 1 atom stereocenters. The summed E-state index contributed by atoms with van der Waals surface area (Å²) < 4.78 is 7.06. The minimum atomic E-state index is -0.444. The molecule has 6 heterocycles. The Balaban J connectivity index is 0.709. The zero-order valence-corrected chi connectivity index (χ0v) is 38.3. The van der Waals surface area contributed by atoms with Crippen LogP contribution in [0.4, 0.5) is 23.1 Å². The lowest BCUT2D eigenvalue weighted by Gasteiger charge is -2.42. The zero-order valence-electron chi connectivity index (χ0n) is 38.3.